The summed E-state index contributed by atoms with van der Waals surface area (Å²) >= 11 is 0. The fraction of sp³-hybridized carbons (Fsp3) is 0.0526. The zero-order chi connectivity index (χ0) is 16.0. The molecule has 0 saturated heterocycles. The van der Waals surface area contributed by atoms with Gasteiger partial charge in [-0.2, -0.15) is 8.42 Å². The highest BCUT2D eigenvalue weighted by molar-refractivity contribution is 7.88. The smallest absolute Gasteiger partial charge is 0.282 e. The van der Waals surface area contributed by atoms with Gasteiger partial charge in [0.25, 0.3) is 10.1 Å². The van der Waals surface area contributed by atoms with Crippen LogP contribution in [0, 0.1) is 0 Å². The molecule has 0 saturated carbocycles. The second-order valence-electron chi connectivity index (χ2n) is 5.67. The Hall–Kier alpha value is -2.43. The summed E-state index contributed by atoms with van der Waals surface area (Å²) in [5, 5.41) is 7.97. The summed E-state index contributed by atoms with van der Waals surface area (Å²) in [4.78, 5) is 0. The molecule has 0 fully saturated rings. The van der Waals surface area contributed by atoms with Gasteiger partial charge in [0.15, 0.2) is 0 Å². The molecule has 0 aromatic heterocycles. The minimum absolute atomic E-state index is 0.452. The molecule has 0 heterocycles. The van der Waals surface area contributed by atoms with E-state index >= 15 is 0 Å². The van der Waals surface area contributed by atoms with Gasteiger partial charge in [-0.25, -0.2) is 0 Å². The maximum atomic E-state index is 10.8. The van der Waals surface area contributed by atoms with Crippen LogP contribution in [0.15, 0.2) is 66.1 Å². The summed E-state index contributed by atoms with van der Waals surface area (Å²) in [6.45, 7) is 0. The van der Waals surface area contributed by atoms with Gasteiger partial charge in [-0.3, -0.25) is 4.55 Å². The van der Waals surface area contributed by atoms with Crippen molar-refractivity contribution < 1.29 is 13.0 Å². The van der Waals surface area contributed by atoms with Gasteiger partial charge < -0.3 is 0 Å². The molecule has 0 bridgehead atoms. The average molecular weight is 322 g/mol. The van der Waals surface area contributed by atoms with E-state index in [9.17, 15) is 8.42 Å². The molecule has 0 aliphatic rings. The molecule has 0 aliphatic heterocycles. The van der Waals surface area contributed by atoms with Gasteiger partial charge in [-0.15, -0.1) is 0 Å². The van der Waals surface area contributed by atoms with Crippen molar-refractivity contribution >= 4 is 42.4 Å². The van der Waals surface area contributed by atoms with E-state index in [4.69, 9.17) is 4.55 Å². The number of hydrogen-bond acceptors (Lipinski definition) is 2. The standard InChI is InChI=1S/C19H14O3S/c20-23(21,22)12-2-5-13-6-7-16-9-8-14-3-1-4-15-10-11-17(13)19(16)18(14)15/h1-4,6-12H,5H2,(H,20,21,22). The van der Waals surface area contributed by atoms with Gasteiger partial charge in [0, 0.05) is 0 Å². The summed E-state index contributed by atoms with van der Waals surface area (Å²) in [7, 11) is -4.08. The Bertz CT molecular complexity index is 1140. The molecule has 1 N–H and O–H groups in total. The van der Waals surface area contributed by atoms with Gasteiger partial charge >= 0.3 is 0 Å². The first-order chi connectivity index (χ1) is 11.0. The van der Waals surface area contributed by atoms with Gasteiger partial charge in [-0.05, 0) is 44.3 Å². The Balaban J connectivity index is 1.98. The Morgan fingerprint density at radius 2 is 1.43 bits per heavy atom. The second kappa shape index (κ2) is 5.05. The summed E-state index contributed by atoms with van der Waals surface area (Å²) in [5.41, 5.74) is 1.04. The third-order valence-corrected chi connectivity index (χ3v) is 4.76. The van der Waals surface area contributed by atoms with Gasteiger partial charge in [0.2, 0.25) is 0 Å². The first kappa shape index (κ1) is 14.2. The quantitative estimate of drug-likeness (QED) is 0.445. The Kier molecular flexibility index (Phi) is 3.11. The summed E-state index contributed by atoms with van der Waals surface area (Å²) in [6.07, 6.45) is 1.93. The molecular formula is C19H14O3S. The van der Waals surface area contributed by atoms with E-state index in [0.29, 0.717) is 6.42 Å². The highest BCUT2D eigenvalue weighted by Gasteiger charge is 2.10. The number of allylic oxidation sites excluding steroid dienone is 1. The fourth-order valence-corrected chi connectivity index (χ4v) is 3.61. The van der Waals surface area contributed by atoms with Crippen LogP contribution < -0.4 is 0 Å². The van der Waals surface area contributed by atoms with E-state index in [1.54, 1.807) is 0 Å². The van der Waals surface area contributed by atoms with Crippen molar-refractivity contribution in [3.63, 3.8) is 0 Å². The van der Waals surface area contributed by atoms with Crippen LogP contribution in [0.3, 0.4) is 0 Å². The molecule has 23 heavy (non-hydrogen) atoms. The first-order valence-electron chi connectivity index (χ1n) is 7.32. The predicted molar refractivity (Wildman–Crippen MR) is 94.5 cm³/mol. The molecule has 0 aliphatic carbocycles. The fourth-order valence-electron chi connectivity index (χ4n) is 3.27. The van der Waals surface area contributed by atoms with Crippen molar-refractivity contribution in [3.8, 4) is 0 Å². The first-order valence-corrected chi connectivity index (χ1v) is 8.83. The van der Waals surface area contributed by atoms with Crippen molar-refractivity contribution in [1.82, 2.24) is 0 Å². The molecule has 0 spiro atoms. The van der Waals surface area contributed by atoms with Crippen molar-refractivity contribution in [2.75, 3.05) is 0 Å². The highest BCUT2D eigenvalue weighted by atomic mass is 32.2. The van der Waals surface area contributed by atoms with Gasteiger partial charge in [0.1, 0.15) is 0 Å². The van der Waals surface area contributed by atoms with Crippen molar-refractivity contribution in [2.45, 2.75) is 6.42 Å². The SMILES string of the molecule is O=S(=O)(O)C=CCc1ccc2ccc3cccc4ccc1c2c34. The van der Waals surface area contributed by atoms with E-state index < -0.39 is 10.1 Å². The molecule has 0 amide bonds. The van der Waals surface area contributed by atoms with Crippen molar-refractivity contribution in [1.29, 1.82) is 0 Å². The lowest BCUT2D eigenvalue weighted by molar-refractivity contribution is 0.494. The molecular weight excluding hydrogens is 308 g/mol. The molecule has 0 atom stereocenters. The van der Waals surface area contributed by atoms with Crippen LogP contribution in [0.2, 0.25) is 0 Å². The largest absolute Gasteiger partial charge is 0.287 e. The lowest BCUT2D eigenvalue weighted by Gasteiger charge is -2.13. The third-order valence-electron chi connectivity index (χ3n) is 4.22. The molecule has 4 rings (SSSR count). The monoisotopic (exact) mass is 322 g/mol. The minimum Gasteiger partial charge on any atom is -0.282 e. The Labute approximate surface area is 133 Å². The minimum atomic E-state index is -4.08. The van der Waals surface area contributed by atoms with Crippen LogP contribution >= 0.6 is 0 Å². The van der Waals surface area contributed by atoms with Crippen LogP contribution in [0.1, 0.15) is 5.56 Å². The Morgan fingerprint density at radius 3 is 2.13 bits per heavy atom. The zero-order valence-electron chi connectivity index (χ0n) is 12.2. The van der Waals surface area contributed by atoms with Crippen LogP contribution in [0.5, 0.6) is 0 Å². The topological polar surface area (TPSA) is 54.4 Å². The lowest BCUT2D eigenvalue weighted by Crippen LogP contribution is -1.92. The van der Waals surface area contributed by atoms with E-state index in [-0.39, 0.29) is 0 Å². The molecule has 0 radical (unpaired) electrons. The van der Waals surface area contributed by atoms with E-state index in [2.05, 4.69) is 48.5 Å². The van der Waals surface area contributed by atoms with Gasteiger partial charge in [0.05, 0.1) is 5.41 Å². The zero-order valence-corrected chi connectivity index (χ0v) is 13.0. The second-order valence-corrected chi connectivity index (χ2v) is 6.97. The molecule has 4 heteroatoms. The maximum absolute atomic E-state index is 10.8. The normalized spacial score (nSPS) is 12.9. The summed E-state index contributed by atoms with van der Waals surface area (Å²) in [6, 6.07) is 18.8. The van der Waals surface area contributed by atoms with Crippen molar-refractivity contribution in [3.05, 3.63) is 71.6 Å². The number of hydrogen-bond donors (Lipinski definition) is 1. The van der Waals surface area contributed by atoms with Crippen LogP contribution in [-0.2, 0) is 16.5 Å². The number of benzene rings is 4. The molecule has 0 unspecified atom stereocenters. The molecule has 3 nitrogen and oxygen atoms in total. The van der Waals surface area contributed by atoms with Crippen LogP contribution in [0.4, 0.5) is 0 Å². The molecule has 4 aromatic rings. The lowest BCUT2D eigenvalue weighted by atomic mass is 9.91. The van der Waals surface area contributed by atoms with E-state index in [1.807, 2.05) is 6.07 Å². The molecule has 114 valence electrons. The molecule has 4 aromatic carbocycles. The van der Waals surface area contributed by atoms with E-state index in [1.165, 1.54) is 33.0 Å². The van der Waals surface area contributed by atoms with Gasteiger partial charge in [-0.1, -0.05) is 60.7 Å². The van der Waals surface area contributed by atoms with Crippen molar-refractivity contribution in [2.24, 2.45) is 0 Å². The van der Waals surface area contributed by atoms with Crippen LogP contribution in [-0.4, -0.2) is 13.0 Å². The third kappa shape index (κ3) is 2.46. The van der Waals surface area contributed by atoms with Crippen LogP contribution in [0.25, 0.3) is 32.3 Å². The Morgan fingerprint density at radius 1 is 0.826 bits per heavy atom. The summed E-state index contributed by atoms with van der Waals surface area (Å²) < 4.78 is 30.5. The summed E-state index contributed by atoms with van der Waals surface area (Å²) in [5.74, 6) is 0. The average Bonchev–Trinajstić information content (AvgIpc) is 2.52. The highest BCUT2D eigenvalue weighted by Crippen LogP contribution is 2.35. The predicted octanol–water partition coefficient (Wildman–Crippen LogP) is 4.53. The maximum Gasteiger partial charge on any atom is 0.287 e. The number of rotatable bonds is 3. The van der Waals surface area contributed by atoms with E-state index in [0.717, 1.165) is 16.4 Å².